The van der Waals surface area contributed by atoms with Crippen molar-refractivity contribution < 1.29 is 0 Å². The molecule has 1 N–H and O–H groups in total. The van der Waals surface area contributed by atoms with Crippen molar-refractivity contribution in [1.29, 1.82) is 0 Å². The first-order valence-electron chi connectivity index (χ1n) is 7.24. The first-order chi connectivity index (χ1) is 12.2. The lowest BCUT2D eigenvalue weighted by Gasteiger charge is -2.14. The summed E-state index contributed by atoms with van der Waals surface area (Å²) in [6.07, 6.45) is 0. The number of pyridine rings is 1. The molecule has 0 atom stereocenters. The molecular formula is C18H9Cl6NO. The Bertz CT molecular complexity index is 1090. The van der Waals surface area contributed by atoms with Gasteiger partial charge in [-0.3, -0.25) is 4.79 Å². The molecule has 0 bridgehead atoms. The van der Waals surface area contributed by atoms with E-state index in [1.807, 2.05) is 0 Å². The summed E-state index contributed by atoms with van der Waals surface area (Å²) in [5.74, 6) is 0. The molecule has 0 radical (unpaired) electrons. The molecular weight excluding hydrogens is 459 g/mol. The Morgan fingerprint density at radius 1 is 0.692 bits per heavy atom. The van der Waals surface area contributed by atoms with Crippen LogP contribution in [0.1, 0.15) is 5.69 Å². The van der Waals surface area contributed by atoms with E-state index in [4.69, 9.17) is 69.6 Å². The lowest BCUT2D eigenvalue weighted by molar-refractivity contribution is 1.15. The first kappa shape index (κ1) is 19.9. The Hall–Kier alpha value is -0.870. The smallest absolute Gasteiger partial charge is 0.256 e. The standard InChI is InChI=1S/C18H9Cl6NO/c1-7-8(14-10(19)2-4-12(21)16(14)23)6-9(18(26)25-7)15-11(20)3-5-13(22)17(15)24/h2-6H,1H3,(H,25,26). The van der Waals surface area contributed by atoms with Gasteiger partial charge in [-0.2, -0.15) is 0 Å². The van der Waals surface area contributed by atoms with Crippen LogP contribution in [0.3, 0.4) is 0 Å². The summed E-state index contributed by atoms with van der Waals surface area (Å²) < 4.78 is 0. The number of H-pyrrole nitrogens is 1. The van der Waals surface area contributed by atoms with Gasteiger partial charge in [0.05, 0.1) is 35.7 Å². The van der Waals surface area contributed by atoms with E-state index in [9.17, 15) is 4.79 Å². The number of benzene rings is 2. The van der Waals surface area contributed by atoms with Crippen LogP contribution in [0.2, 0.25) is 30.1 Å². The second-order valence-electron chi connectivity index (χ2n) is 5.49. The van der Waals surface area contributed by atoms with E-state index >= 15 is 0 Å². The summed E-state index contributed by atoms with van der Waals surface area (Å²) in [4.78, 5) is 15.3. The predicted octanol–water partition coefficient (Wildman–Crippen LogP) is 7.94. The molecule has 2 aromatic carbocycles. The van der Waals surface area contributed by atoms with E-state index in [1.165, 1.54) is 0 Å². The minimum Gasteiger partial charge on any atom is -0.325 e. The highest BCUT2D eigenvalue weighted by Gasteiger charge is 2.20. The van der Waals surface area contributed by atoms with E-state index in [0.29, 0.717) is 37.5 Å². The van der Waals surface area contributed by atoms with Gasteiger partial charge in [-0.15, -0.1) is 0 Å². The van der Waals surface area contributed by atoms with Crippen molar-refractivity contribution in [2.45, 2.75) is 6.92 Å². The van der Waals surface area contributed by atoms with Crippen LogP contribution in [0.5, 0.6) is 0 Å². The third-order valence-electron chi connectivity index (χ3n) is 3.86. The molecule has 0 unspecified atom stereocenters. The summed E-state index contributed by atoms with van der Waals surface area (Å²) in [5, 5.41) is 1.78. The molecule has 1 heterocycles. The van der Waals surface area contributed by atoms with Crippen LogP contribution >= 0.6 is 69.6 Å². The number of nitrogens with one attached hydrogen (secondary N) is 1. The fourth-order valence-electron chi connectivity index (χ4n) is 2.62. The molecule has 0 aliphatic rings. The Labute approximate surface area is 179 Å². The summed E-state index contributed by atoms with van der Waals surface area (Å²) in [5.41, 5.74) is 1.88. The van der Waals surface area contributed by atoms with E-state index < -0.39 is 0 Å². The summed E-state index contributed by atoms with van der Waals surface area (Å²) in [7, 11) is 0. The molecule has 0 amide bonds. The average Bonchev–Trinajstić information content (AvgIpc) is 2.58. The number of hydrogen-bond donors (Lipinski definition) is 1. The second kappa shape index (κ2) is 7.63. The van der Waals surface area contributed by atoms with Crippen molar-refractivity contribution in [2.75, 3.05) is 0 Å². The highest BCUT2D eigenvalue weighted by atomic mass is 35.5. The zero-order valence-electron chi connectivity index (χ0n) is 13.1. The molecule has 0 spiro atoms. The largest absolute Gasteiger partial charge is 0.325 e. The number of rotatable bonds is 2. The molecule has 134 valence electrons. The second-order valence-corrected chi connectivity index (χ2v) is 7.87. The van der Waals surface area contributed by atoms with Gasteiger partial charge >= 0.3 is 0 Å². The normalized spacial score (nSPS) is 11.0. The number of aryl methyl sites for hydroxylation is 1. The van der Waals surface area contributed by atoms with Gasteiger partial charge in [-0.05, 0) is 37.3 Å². The fourth-order valence-corrected chi connectivity index (χ4v) is 4.08. The van der Waals surface area contributed by atoms with Crippen LogP contribution in [0.4, 0.5) is 0 Å². The Kier molecular flexibility index (Phi) is 5.83. The maximum atomic E-state index is 12.6. The van der Waals surface area contributed by atoms with E-state index in [-0.39, 0.29) is 26.2 Å². The minimum absolute atomic E-state index is 0.183. The van der Waals surface area contributed by atoms with Gasteiger partial charge in [0, 0.05) is 22.4 Å². The third-order valence-corrected chi connectivity index (χ3v) is 6.10. The minimum atomic E-state index is -0.369. The molecule has 26 heavy (non-hydrogen) atoms. The summed E-state index contributed by atoms with van der Waals surface area (Å²) in [6, 6.07) is 7.99. The van der Waals surface area contributed by atoms with Crippen molar-refractivity contribution in [2.24, 2.45) is 0 Å². The van der Waals surface area contributed by atoms with Gasteiger partial charge in [0.1, 0.15) is 0 Å². The highest BCUT2D eigenvalue weighted by Crippen LogP contribution is 2.43. The van der Waals surface area contributed by atoms with Crippen LogP contribution in [0.25, 0.3) is 22.3 Å². The molecule has 3 rings (SSSR count). The molecule has 3 aromatic rings. The summed E-state index contributed by atoms with van der Waals surface area (Å²) >= 11 is 37.4. The van der Waals surface area contributed by atoms with Gasteiger partial charge in [0.15, 0.2) is 0 Å². The number of halogens is 6. The molecule has 0 fully saturated rings. The predicted molar refractivity (Wildman–Crippen MR) is 113 cm³/mol. The van der Waals surface area contributed by atoms with Gasteiger partial charge < -0.3 is 4.98 Å². The van der Waals surface area contributed by atoms with Gasteiger partial charge in [0.25, 0.3) is 5.56 Å². The fraction of sp³-hybridized carbons (Fsp3) is 0.0556. The van der Waals surface area contributed by atoms with Crippen molar-refractivity contribution in [1.82, 2.24) is 4.98 Å². The van der Waals surface area contributed by atoms with Crippen LogP contribution in [0, 0.1) is 6.92 Å². The van der Waals surface area contributed by atoms with Gasteiger partial charge in [0.2, 0.25) is 0 Å². The zero-order valence-corrected chi connectivity index (χ0v) is 17.6. The Balaban J connectivity index is 2.38. The Morgan fingerprint density at radius 2 is 1.12 bits per heavy atom. The molecule has 2 nitrogen and oxygen atoms in total. The van der Waals surface area contributed by atoms with Crippen LogP contribution in [-0.4, -0.2) is 4.98 Å². The third kappa shape index (κ3) is 3.47. The van der Waals surface area contributed by atoms with Gasteiger partial charge in [-0.1, -0.05) is 69.6 Å². The lowest BCUT2D eigenvalue weighted by Crippen LogP contribution is -2.12. The average molecular weight is 468 g/mol. The van der Waals surface area contributed by atoms with Crippen LogP contribution in [-0.2, 0) is 0 Å². The van der Waals surface area contributed by atoms with Crippen LogP contribution < -0.4 is 5.56 Å². The highest BCUT2D eigenvalue weighted by molar-refractivity contribution is 6.47. The van der Waals surface area contributed by atoms with Crippen molar-refractivity contribution in [3.63, 3.8) is 0 Å². The first-order valence-corrected chi connectivity index (χ1v) is 9.50. The van der Waals surface area contributed by atoms with Crippen LogP contribution in [0.15, 0.2) is 35.1 Å². The molecule has 0 saturated heterocycles. The van der Waals surface area contributed by atoms with Crippen molar-refractivity contribution in [3.8, 4) is 22.3 Å². The SMILES string of the molecule is Cc1[nH]c(=O)c(-c2c(Cl)ccc(Cl)c2Cl)cc1-c1c(Cl)ccc(Cl)c1Cl. The lowest BCUT2D eigenvalue weighted by atomic mass is 9.99. The van der Waals surface area contributed by atoms with Crippen molar-refractivity contribution in [3.05, 3.63) is 76.5 Å². The molecule has 0 aliphatic carbocycles. The van der Waals surface area contributed by atoms with E-state index in [0.717, 1.165) is 0 Å². The zero-order chi connectivity index (χ0) is 19.2. The Morgan fingerprint density at radius 3 is 1.62 bits per heavy atom. The summed E-state index contributed by atoms with van der Waals surface area (Å²) in [6.45, 7) is 1.73. The quantitative estimate of drug-likeness (QED) is 0.381. The number of aromatic amines is 1. The van der Waals surface area contributed by atoms with E-state index in [1.54, 1.807) is 37.3 Å². The molecule has 0 saturated carbocycles. The maximum absolute atomic E-state index is 12.6. The maximum Gasteiger partial charge on any atom is 0.256 e. The van der Waals surface area contributed by atoms with Gasteiger partial charge in [-0.25, -0.2) is 0 Å². The molecule has 0 aliphatic heterocycles. The monoisotopic (exact) mass is 465 g/mol. The van der Waals surface area contributed by atoms with E-state index in [2.05, 4.69) is 4.98 Å². The van der Waals surface area contributed by atoms with Crippen molar-refractivity contribution >= 4 is 69.6 Å². The topological polar surface area (TPSA) is 32.9 Å². The number of aromatic nitrogens is 1. The molecule has 1 aromatic heterocycles. The molecule has 8 heteroatoms. The number of hydrogen-bond acceptors (Lipinski definition) is 1.